The lowest BCUT2D eigenvalue weighted by Crippen LogP contribution is -2.49. The smallest absolute Gasteiger partial charge is 0.375 e. The number of hydrogen-bond donors (Lipinski definition) is 1. The lowest BCUT2D eigenvalue weighted by atomic mass is 10.0. The number of aldehydes is 1. The average molecular weight is 282 g/mol. The lowest BCUT2D eigenvalue weighted by molar-refractivity contribution is -0.154. The minimum Gasteiger partial charge on any atom is -0.463 e. The molecule has 1 aliphatic rings. The molecule has 0 aromatic carbocycles. The van der Waals surface area contributed by atoms with E-state index in [2.05, 4.69) is 10.1 Å². The second-order valence-electron chi connectivity index (χ2n) is 4.43. The van der Waals surface area contributed by atoms with Gasteiger partial charge in [0.25, 0.3) is 0 Å². The van der Waals surface area contributed by atoms with Gasteiger partial charge < -0.3 is 14.4 Å². The van der Waals surface area contributed by atoms with Gasteiger partial charge in [0.2, 0.25) is 5.78 Å². The molecule has 0 aromatic heterocycles. The summed E-state index contributed by atoms with van der Waals surface area (Å²) in [5.74, 6) is -3.35. The first-order valence-corrected chi connectivity index (χ1v) is 6.25. The Morgan fingerprint density at radius 1 is 1.50 bits per heavy atom. The Morgan fingerprint density at radius 2 is 2.20 bits per heavy atom. The highest BCUT2D eigenvalue weighted by molar-refractivity contribution is 6.38. The van der Waals surface area contributed by atoms with Gasteiger partial charge in [-0.2, -0.15) is 0 Å². The van der Waals surface area contributed by atoms with Crippen molar-refractivity contribution >= 4 is 23.8 Å². The van der Waals surface area contributed by atoms with Crippen LogP contribution in [0, 0.1) is 5.92 Å². The summed E-state index contributed by atoms with van der Waals surface area (Å²) in [4.78, 5) is 46.9. The number of nitrogens with zero attached hydrogens (tertiary/aromatic N) is 1. The minimum absolute atomic E-state index is 0.0497. The normalized spacial score (nSPS) is 19.3. The van der Waals surface area contributed by atoms with E-state index in [0.29, 0.717) is 6.54 Å². The number of ether oxygens (including phenoxy) is 1. The van der Waals surface area contributed by atoms with Crippen LogP contribution < -0.4 is 5.32 Å². The number of carbonyl (C=O) groups excluding carboxylic acids is 4. The van der Waals surface area contributed by atoms with Crippen LogP contribution in [0.3, 0.4) is 0 Å². The molecule has 0 saturated carbocycles. The Hall–Kier alpha value is -2.02. The highest BCUT2D eigenvalue weighted by Crippen LogP contribution is 2.09. The Morgan fingerprint density at radius 3 is 2.80 bits per heavy atom. The molecule has 0 bridgehead atoms. The molecule has 7 nitrogen and oxygen atoms in total. The van der Waals surface area contributed by atoms with Crippen LogP contribution in [0.25, 0.3) is 0 Å². The van der Waals surface area contributed by atoms with E-state index in [4.69, 9.17) is 0 Å². The fourth-order valence-corrected chi connectivity index (χ4v) is 1.83. The molecule has 0 aromatic rings. The molecule has 1 rings (SSSR count). The second-order valence-corrected chi connectivity index (χ2v) is 4.43. The van der Waals surface area contributed by atoms with Gasteiger partial charge in [-0.1, -0.05) is 6.08 Å². The summed E-state index contributed by atoms with van der Waals surface area (Å²) in [6.45, 7) is 1.93. The van der Waals surface area contributed by atoms with Gasteiger partial charge in [0.1, 0.15) is 6.29 Å². The Labute approximate surface area is 116 Å². The maximum Gasteiger partial charge on any atom is 0.375 e. The van der Waals surface area contributed by atoms with E-state index in [1.54, 1.807) is 17.2 Å². The monoisotopic (exact) mass is 282 g/mol. The quantitative estimate of drug-likeness (QED) is 0.285. The molecule has 110 valence electrons. The van der Waals surface area contributed by atoms with Crippen LogP contribution in [0.1, 0.15) is 13.3 Å². The van der Waals surface area contributed by atoms with E-state index in [-0.39, 0.29) is 19.1 Å². The van der Waals surface area contributed by atoms with E-state index in [1.165, 1.54) is 6.92 Å². The van der Waals surface area contributed by atoms with E-state index >= 15 is 0 Å². The molecule has 1 aliphatic heterocycles. The van der Waals surface area contributed by atoms with Crippen molar-refractivity contribution in [1.29, 1.82) is 0 Å². The first-order valence-electron chi connectivity index (χ1n) is 6.25. The number of nitrogens with one attached hydrogen (secondary N) is 1. The summed E-state index contributed by atoms with van der Waals surface area (Å²) < 4.78 is 4.31. The van der Waals surface area contributed by atoms with Gasteiger partial charge in [-0.3, -0.25) is 14.9 Å². The largest absolute Gasteiger partial charge is 0.463 e. The summed E-state index contributed by atoms with van der Waals surface area (Å²) in [6, 6.07) is 0. The van der Waals surface area contributed by atoms with Gasteiger partial charge in [-0.25, -0.2) is 4.79 Å². The van der Waals surface area contributed by atoms with Crippen molar-refractivity contribution in [2.24, 2.45) is 5.92 Å². The third kappa shape index (κ3) is 3.99. The molecular formula is C13H18N2O5. The van der Waals surface area contributed by atoms with Gasteiger partial charge in [0, 0.05) is 13.0 Å². The van der Waals surface area contributed by atoms with Crippen molar-refractivity contribution in [2.75, 3.05) is 20.2 Å². The molecule has 0 saturated heterocycles. The topological polar surface area (TPSA) is 92.8 Å². The summed E-state index contributed by atoms with van der Waals surface area (Å²) in [6.07, 6.45) is 4.23. The first-order chi connectivity index (χ1) is 9.51. The van der Waals surface area contributed by atoms with Gasteiger partial charge in [0.05, 0.1) is 25.7 Å². The molecular weight excluding hydrogens is 264 g/mol. The van der Waals surface area contributed by atoms with Crippen molar-refractivity contribution in [2.45, 2.75) is 19.5 Å². The lowest BCUT2D eigenvalue weighted by Gasteiger charge is -2.32. The van der Waals surface area contributed by atoms with Crippen molar-refractivity contribution in [3.8, 4) is 0 Å². The van der Waals surface area contributed by atoms with E-state index in [9.17, 15) is 19.2 Å². The predicted molar refractivity (Wildman–Crippen MR) is 69.5 cm³/mol. The van der Waals surface area contributed by atoms with Crippen LogP contribution in [0.15, 0.2) is 12.3 Å². The van der Waals surface area contributed by atoms with Crippen molar-refractivity contribution in [3.63, 3.8) is 0 Å². The Balaban J connectivity index is 2.66. The standard InChI is InChI=1S/C13H18N2O5/c1-9(12(18)13(19)20-2)10(17)8-15-6-3-5-14-11(15)4-7-16/h3,6-7,9,11,14H,4-5,8H2,1-2H3. The summed E-state index contributed by atoms with van der Waals surface area (Å²) in [5.41, 5.74) is 0. The molecule has 0 aliphatic carbocycles. The maximum absolute atomic E-state index is 12.0. The van der Waals surface area contributed by atoms with Crippen LogP contribution >= 0.6 is 0 Å². The van der Waals surface area contributed by atoms with Gasteiger partial charge in [-0.05, 0) is 13.1 Å². The highest BCUT2D eigenvalue weighted by atomic mass is 16.5. The molecule has 2 atom stereocenters. The minimum atomic E-state index is -1.06. The van der Waals surface area contributed by atoms with Gasteiger partial charge in [0.15, 0.2) is 5.78 Å². The molecule has 0 spiro atoms. The number of rotatable bonds is 7. The van der Waals surface area contributed by atoms with Crippen molar-refractivity contribution in [3.05, 3.63) is 12.3 Å². The SMILES string of the molecule is COC(=O)C(=O)C(C)C(=O)CN1C=CCNC1CC=O. The highest BCUT2D eigenvalue weighted by Gasteiger charge is 2.30. The fraction of sp³-hybridized carbons (Fsp3) is 0.538. The third-order valence-electron chi connectivity index (χ3n) is 3.09. The molecule has 0 amide bonds. The van der Waals surface area contributed by atoms with Gasteiger partial charge >= 0.3 is 5.97 Å². The Kier molecular flexibility index (Phi) is 6.05. The third-order valence-corrected chi connectivity index (χ3v) is 3.09. The van der Waals surface area contributed by atoms with Crippen LogP contribution in [-0.2, 0) is 23.9 Å². The van der Waals surface area contributed by atoms with Crippen LogP contribution in [-0.4, -0.2) is 55.1 Å². The average Bonchev–Trinajstić information content (AvgIpc) is 2.47. The zero-order valence-electron chi connectivity index (χ0n) is 11.5. The number of carbonyl (C=O) groups is 4. The summed E-state index contributed by atoms with van der Waals surface area (Å²) >= 11 is 0. The predicted octanol–water partition coefficient (Wildman–Crippen LogP) is -0.732. The van der Waals surface area contributed by atoms with E-state index in [1.807, 2.05) is 0 Å². The molecule has 2 unspecified atom stereocenters. The number of esters is 1. The molecule has 20 heavy (non-hydrogen) atoms. The molecule has 0 fully saturated rings. The second kappa shape index (κ2) is 7.54. The van der Waals surface area contributed by atoms with Crippen LogP contribution in [0.2, 0.25) is 0 Å². The van der Waals surface area contributed by atoms with Gasteiger partial charge in [-0.15, -0.1) is 0 Å². The summed E-state index contributed by atoms with van der Waals surface area (Å²) in [7, 11) is 1.09. The van der Waals surface area contributed by atoms with Crippen molar-refractivity contribution < 1.29 is 23.9 Å². The number of hydrogen-bond acceptors (Lipinski definition) is 7. The van der Waals surface area contributed by atoms with Crippen molar-refractivity contribution in [1.82, 2.24) is 10.2 Å². The number of ketones is 2. The Bertz CT molecular complexity index is 432. The summed E-state index contributed by atoms with van der Waals surface area (Å²) in [5, 5.41) is 3.06. The zero-order chi connectivity index (χ0) is 15.1. The zero-order valence-corrected chi connectivity index (χ0v) is 11.5. The fourth-order valence-electron chi connectivity index (χ4n) is 1.83. The molecule has 0 radical (unpaired) electrons. The maximum atomic E-state index is 12.0. The van der Waals surface area contributed by atoms with E-state index in [0.717, 1.165) is 13.4 Å². The number of Topliss-reactive ketones (excluding diaryl/α,β-unsaturated/α-hetero) is 2. The molecule has 1 N–H and O–H groups in total. The first kappa shape index (κ1) is 16.0. The molecule has 1 heterocycles. The van der Waals surface area contributed by atoms with Crippen LogP contribution in [0.5, 0.6) is 0 Å². The number of methoxy groups -OCH3 is 1. The molecule has 7 heteroatoms. The van der Waals surface area contributed by atoms with Crippen LogP contribution in [0.4, 0.5) is 0 Å². The van der Waals surface area contributed by atoms with E-state index < -0.39 is 23.5 Å².